The number of nitrogens with one attached hydrogen (secondary N) is 1. The Labute approximate surface area is 167 Å². The summed E-state index contributed by atoms with van der Waals surface area (Å²) in [4.78, 5) is 22.9. The van der Waals surface area contributed by atoms with Gasteiger partial charge in [0.25, 0.3) is 5.69 Å². The third-order valence-corrected chi connectivity index (χ3v) is 5.41. The number of amides is 1. The number of rotatable bonds is 7. The molecule has 9 nitrogen and oxygen atoms in total. The number of nitro benzene ring substituents is 1. The summed E-state index contributed by atoms with van der Waals surface area (Å²) < 4.78 is 30.6. The summed E-state index contributed by atoms with van der Waals surface area (Å²) in [6.07, 6.45) is 0.974. The Morgan fingerprint density at radius 1 is 1.25 bits per heavy atom. The van der Waals surface area contributed by atoms with E-state index in [1.165, 1.54) is 38.3 Å². The number of ether oxygens (including phenoxy) is 1. The Balaban J connectivity index is 2.34. The molecule has 0 aliphatic rings. The van der Waals surface area contributed by atoms with E-state index in [0.29, 0.717) is 5.75 Å². The minimum absolute atomic E-state index is 0.0101. The minimum atomic E-state index is -3.82. The van der Waals surface area contributed by atoms with Gasteiger partial charge in [0.05, 0.1) is 34.7 Å². The number of hydrogen-bond donors (Lipinski definition) is 1. The lowest BCUT2D eigenvalue weighted by Crippen LogP contribution is -2.45. The predicted octanol–water partition coefficient (Wildman–Crippen LogP) is 3.05. The zero-order valence-electron chi connectivity index (χ0n) is 15.2. The molecular formula is C17H18ClN3O6S. The van der Waals surface area contributed by atoms with E-state index in [0.717, 1.165) is 16.6 Å². The first-order valence-electron chi connectivity index (χ1n) is 7.93. The number of benzene rings is 2. The number of carbonyl (C=O) groups is 1. The van der Waals surface area contributed by atoms with Crippen LogP contribution < -0.4 is 14.4 Å². The van der Waals surface area contributed by atoms with Gasteiger partial charge in [-0.15, -0.1) is 0 Å². The first-order valence-corrected chi connectivity index (χ1v) is 10.2. The summed E-state index contributed by atoms with van der Waals surface area (Å²) in [5.74, 6) is -0.179. The monoisotopic (exact) mass is 427 g/mol. The third-order valence-electron chi connectivity index (χ3n) is 3.83. The first-order chi connectivity index (χ1) is 13.0. The van der Waals surface area contributed by atoms with Gasteiger partial charge in [-0.2, -0.15) is 0 Å². The molecule has 0 aliphatic heterocycles. The van der Waals surface area contributed by atoms with Crippen molar-refractivity contribution in [3.63, 3.8) is 0 Å². The largest absolute Gasteiger partial charge is 0.497 e. The molecule has 28 heavy (non-hydrogen) atoms. The average molecular weight is 428 g/mol. The molecule has 0 radical (unpaired) electrons. The molecule has 0 saturated carbocycles. The number of sulfonamides is 1. The van der Waals surface area contributed by atoms with Crippen LogP contribution in [0.2, 0.25) is 5.02 Å². The Bertz CT molecular complexity index is 994. The second kappa shape index (κ2) is 8.44. The lowest BCUT2D eigenvalue weighted by atomic mass is 10.2. The van der Waals surface area contributed by atoms with E-state index in [-0.39, 0.29) is 22.1 Å². The Hall–Kier alpha value is -2.85. The van der Waals surface area contributed by atoms with Gasteiger partial charge in [-0.1, -0.05) is 11.6 Å². The number of carbonyl (C=O) groups excluding carboxylic acids is 1. The van der Waals surface area contributed by atoms with Gasteiger partial charge in [0.15, 0.2) is 0 Å². The summed E-state index contributed by atoms with van der Waals surface area (Å²) in [7, 11) is -2.34. The topological polar surface area (TPSA) is 119 Å². The number of halogens is 1. The van der Waals surface area contributed by atoms with Crippen LogP contribution >= 0.6 is 11.6 Å². The molecule has 1 unspecified atom stereocenters. The molecule has 2 aromatic carbocycles. The quantitative estimate of drug-likeness (QED) is 0.535. The number of nitrogens with zero attached hydrogens (tertiary/aromatic N) is 2. The van der Waals surface area contributed by atoms with Crippen molar-refractivity contribution in [1.82, 2.24) is 0 Å². The molecule has 0 heterocycles. The summed E-state index contributed by atoms with van der Waals surface area (Å²) in [5, 5.41) is 13.4. The average Bonchev–Trinajstić information content (AvgIpc) is 2.62. The molecule has 150 valence electrons. The fraction of sp³-hybridized carbons (Fsp3) is 0.235. The summed E-state index contributed by atoms with van der Waals surface area (Å²) >= 11 is 5.99. The molecule has 2 rings (SSSR count). The highest BCUT2D eigenvalue weighted by atomic mass is 35.5. The molecule has 0 saturated heterocycles. The second-order valence-corrected chi connectivity index (χ2v) is 8.11. The number of methoxy groups -OCH3 is 1. The highest BCUT2D eigenvalue weighted by Gasteiger charge is 2.29. The van der Waals surface area contributed by atoms with Crippen LogP contribution in [0.15, 0.2) is 42.5 Å². The van der Waals surface area contributed by atoms with Crippen molar-refractivity contribution in [3.8, 4) is 5.75 Å². The van der Waals surface area contributed by atoms with E-state index in [4.69, 9.17) is 16.3 Å². The van der Waals surface area contributed by atoms with Gasteiger partial charge in [-0.05, 0) is 37.3 Å². The van der Waals surface area contributed by atoms with Crippen LogP contribution in [0.25, 0.3) is 0 Å². The van der Waals surface area contributed by atoms with Crippen LogP contribution in [-0.2, 0) is 14.8 Å². The van der Waals surface area contributed by atoms with E-state index in [2.05, 4.69) is 5.32 Å². The van der Waals surface area contributed by atoms with E-state index in [1.807, 2.05) is 0 Å². The summed E-state index contributed by atoms with van der Waals surface area (Å²) in [6, 6.07) is 8.56. The highest BCUT2D eigenvalue weighted by molar-refractivity contribution is 7.92. The van der Waals surface area contributed by atoms with E-state index >= 15 is 0 Å². The zero-order chi connectivity index (χ0) is 21.1. The van der Waals surface area contributed by atoms with Gasteiger partial charge < -0.3 is 10.1 Å². The molecule has 11 heteroatoms. The van der Waals surface area contributed by atoms with Crippen molar-refractivity contribution in [2.45, 2.75) is 13.0 Å². The molecule has 2 aromatic rings. The van der Waals surface area contributed by atoms with Gasteiger partial charge in [-0.25, -0.2) is 8.42 Å². The Kier molecular flexibility index (Phi) is 6.47. The summed E-state index contributed by atoms with van der Waals surface area (Å²) in [5.41, 5.74) is 0.00876. The SMILES string of the molecule is COc1ccc(N(C(C)C(=O)Nc2cc([N+](=O)[O-])ccc2Cl)S(C)(=O)=O)cc1. The van der Waals surface area contributed by atoms with Crippen molar-refractivity contribution in [2.75, 3.05) is 23.0 Å². The maximum absolute atomic E-state index is 12.7. The van der Waals surface area contributed by atoms with Crippen molar-refractivity contribution >= 4 is 44.6 Å². The number of nitro groups is 1. The Morgan fingerprint density at radius 3 is 2.36 bits per heavy atom. The molecule has 0 spiro atoms. The summed E-state index contributed by atoms with van der Waals surface area (Å²) in [6.45, 7) is 1.39. The van der Waals surface area contributed by atoms with Crippen LogP contribution in [0.4, 0.5) is 17.1 Å². The number of non-ortho nitro benzene ring substituents is 1. The molecule has 0 fully saturated rings. The lowest BCUT2D eigenvalue weighted by molar-refractivity contribution is -0.384. The number of hydrogen-bond acceptors (Lipinski definition) is 6. The number of anilines is 2. The van der Waals surface area contributed by atoms with Crippen LogP contribution in [0.5, 0.6) is 5.75 Å². The molecule has 1 amide bonds. The van der Waals surface area contributed by atoms with Crippen LogP contribution in [0.3, 0.4) is 0 Å². The smallest absolute Gasteiger partial charge is 0.271 e. The normalized spacial score (nSPS) is 12.1. The second-order valence-electron chi connectivity index (χ2n) is 5.84. The van der Waals surface area contributed by atoms with Crippen LogP contribution in [0.1, 0.15) is 6.92 Å². The lowest BCUT2D eigenvalue weighted by Gasteiger charge is -2.28. The Morgan fingerprint density at radius 2 is 1.86 bits per heavy atom. The standard InChI is InChI=1S/C17H18ClN3O6S/c1-11(17(22)19-16-10-13(21(23)24)6-9-15(16)18)20(28(3,25)26)12-4-7-14(27-2)8-5-12/h4-11H,1-3H3,(H,19,22). The molecule has 0 aliphatic carbocycles. The van der Waals surface area contributed by atoms with Gasteiger partial charge in [0, 0.05) is 12.1 Å². The van der Waals surface area contributed by atoms with Crippen molar-refractivity contribution < 1.29 is 22.9 Å². The molecule has 0 bridgehead atoms. The van der Waals surface area contributed by atoms with E-state index < -0.39 is 26.9 Å². The highest BCUT2D eigenvalue weighted by Crippen LogP contribution is 2.28. The maximum Gasteiger partial charge on any atom is 0.271 e. The van der Waals surface area contributed by atoms with Crippen molar-refractivity contribution in [1.29, 1.82) is 0 Å². The van der Waals surface area contributed by atoms with Gasteiger partial charge >= 0.3 is 0 Å². The maximum atomic E-state index is 12.7. The van der Waals surface area contributed by atoms with Crippen LogP contribution in [-0.4, -0.2) is 38.7 Å². The van der Waals surface area contributed by atoms with Gasteiger partial charge in [0.2, 0.25) is 15.9 Å². The predicted molar refractivity (Wildman–Crippen MR) is 107 cm³/mol. The molecular weight excluding hydrogens is 410 g/mol. The first kappa shape index (κ1) is 21.5. The van der Waals surface area contributed by atoms with Gasteiger partial charge in [-0.3, -0.25) is 19.2 Å². The van der Waals surface area contributed by atoms with Crippen molar-refractivity contribution in [3.05, 3.63) is 57.6 Å². The minimum Gasteiger partial charge on any atom is -0.497 e. The fourth-order valence-electron chi connectivity index (χ4n) is 2.50. The van der Waals surface area contributed by atoms with Crippen molar-refractivity contribution in [2.24, 2.45) is 0 Å². The van der Waals surface area contributed by atoms with E-state index in [9.17, 15) is 23.3 Å². The van der Waals surface area contributed by atoms with E-state index in [1.54, 1.807) is 12.1 Å². The van der Waals surface area contributed by atoms with Gasteiger partial charge in [0.1, 0.15) is 11.8 Å². The zero-order valence-corrected chi connectivity index (χ0v) is 16.8. The fourth-order valence-corrected chi connectivity index (χ4v) is 3.84. The molecule has 0 aromatic heterocycles. The van der Waals surface area contributed by atoms with Crippen LogP contribution in [0, 0.1) is 10.1 Å². The third kappa shape index (κ3) is 4.90. The molecule has 1 atom stereocenters. The molecule has 1 N–H and O–H groups in total.